The quantitative estimate of drug-likeness (QED) is 0.355. The fourth-order valence-electron chi connectivity index (χ4n) is 3.72. The summed E-state index contributed by atoms with van der Waals surface area (Å²) in [5, 5.41) is 10.5. The van der Waals surface area contributed by atoms with Crippen molar-refractivity contribution in [2.45, 2.75) is 24.1 Å². The SMILES string of the molecule is Cc1n[nH]c2nc(-c3ccc(NS(=O)(=O)c4cc(Cl)ccc4F)cc3)nc(O[C@@H]3CNC[C@@H]3F)c12. The zero-order valence-electron chi connectivity index (χ0n) is 18.2. The van der Waals surface area contributed by atoms with Crippen LogP contribution in [0.25, 0.3) is 22.4 Å². The molecule has 2 aromatic carbocycles. The van der Waals surface area contributed by atoms with Crippen LogP contribution in [0.3, 0.4) is 0 Å². The van der Waals surface area contributed by atoms with Crippen molar-refractivity contribution in [1.82, 2.24) is 25.5 Å². The molecule has 0 amide bonds. The van der Waals surface area contributed by atoms with E-state index in [1.165, 1.54) is 18.2 Å². The fourth-order valence-corrected chi connectivity index (χ4v) is 5.12. The third-order valence-corrected chi connectivity index (χ3v) is 7.13. The van der Waals surface area contributed by atoms with Gasteiger partial charge in [0.1, 0.15) is 22.2 Å². The average molecular weight is 521 g/mol. The summed E-state index contributed by atoms with van der Waals surface area (Å²) in [7, 11) is -4.21. The number of benzene rings is 2. The van der Waals surface area contributed by atoms with E-state index in [1.54, 1.807) is 19.1 Å². The highest BCUT2D eigenvalue weighted by Crippen LogP contribution is 2.30. The van der Waals surface area contributed by atoms with Gasteiger partial charge < -0.3 is 10.1 Å². The number of sulfonamides is 1. The number of aryl methyl sites for hydroxylation is 1. The number of aromatic nitrogens is 4. The Bertz CT molecular complexity index is 1510. The summed E-state index contributed by atoms with van der Waals surface area (Å²) in [4.78, 5) is 8.39. The number of nitrogens with one attached hydrogen (secondary N) is 3. The van der Waals surface area contributed by atoms with Gasteiger partial charge in [0.2, 0.25) is 5.88 Å². The lowest BCUT2D eigenvalue weighted by Crippen LogP contribution is -2.27. The van der Waals surface area contributed by atoms with Crippen LogP contribution in [-0.4, -0.2) is 53.9 Å². The number of halogens is 3. The van der Waals surface area contributed by atoms with Crippen molar-refractivity contribution >= 4 is 38.3 Å². The lowest BCUT2D eigenvalue weighted by atomic mass is 10.2. The largest absolute Gasteiger partial charge is 0.469 e. The number of alkyl halides is 1. The number of fused-ring (bicyclic) bond motifs is 1. The molecule has 13 heteroatoms. The minimum atomic E-state index is -4.21. The first kappa shape index (κ1) is 23.4. The van der Waals surface area contributed by atoms with Crippen LogP contribution >= 0.6 is 11.6 Å². The van der Waals surface area contributed by atoms with Crippen LogP contribution in [0.4, 0.5) is 14.5 Å². The molecule has 0 spiro atoms. The van der Waals surface area contributed by atoms with Crippen LogP contribution in [0.2, 0.25) is 5.02 Å². The standard InChI is InChI=1S/C22H19ClF2N6O3S/c1-11-19-21(30-29-11)27-20(28-22(19)34-17-10-26-9-16(17)25)12-2-5-14(6-3-12)31-35(32,33)18-8-13(23)4-7-15(18)24/h2-8,16-17,26,31H,9-10H2,1H3,(H,27,28,29,30)/t16-,17+/m0/s1. The molecule has 3 N–H and O–H groups in total. The molecule has 1 aliphatic heterocycles. The zero-order valence-corrected chi connectivity index (χ0v) is 19.8. The van der Waals surface area contributed by atoms with Crippen molar-refractivity contribution in [1.29, 1.82) is 0 Å². The highest BCUT2D eigenvalue weighted by molar-refractivity contribution is 7.92. The van der Waals surface area contributed by atoms with Gasteiger partial charge in [0.05, 0.1) is 5.69 Å². The van der Waals surface area contributed by atoms with Gasteiger partial charge in [-0.15, -0.1) is 0 Å². The van der Waals surface area contributed by atoms with Crippen LogP contribution in [0.1, 0.15) is 5.69 Å². The van der Waals surface area contributed by atoms with Gasteiger partial charge in [0.15, 0.2) is 17.6 Å². The number of rotatable bonds is 6. The molecule has 1 saturated heterocycles. The van der Waals surface area contributed by atoms with E-state index >= 15 is 0 Å². The van der Waals surface area contributed by atoms with Crippen LogP contribution in [0.5, 0.6) is 5.88 Å². The van der Waals surface area contributed by atoms with E-state index in [9.17, 15) is 17.2 Å². The average Bonchev–Trinajstić information content (AvgIpc) is 3.40. The van der Waals surface area contributed by atoms with E-state index in [0.29, 0.717) is 28.8 Å². The van der Waals surface area contributed by atoms with Crippen LogP contribution in [0, 0.1) is 12.7 Å². The predicted octanol–water partition coefficient (Wildman–Crippen LogP) is 3.61. The highest BCUT2D eigenvalue weighted by atomic mass is 35.5. The fraction of sp³-hybridized carbons (Fsp3) is 0.227. The molecular weight excluding hydrogens is 502 g/mol. The monoisotopic (exact) mass is 520 g/mol. The molecule has 0 unspecified atom stereocenters. The molecule has 0 radical (unpaired) electrons. The number of nitrogens with zero attached hydrogens (tertiary/aromatic N) is 3. The predicted molar refractivity (Wildman–Crippen MR) is 126 cm³/mol. The molecule has 1 fully saturated rings. The second-order valence-electron chi connectivity index (χ2n) is 7.97. The molecular formula is C22H19ClF2N6O3S. The first-order valence-electron chi connectivity index (χ1n) is 10.5. The summed E-state index contributed by atoms with van der Waals surface area (Å²) in [5.41, 5.74) is 1.77. The molecule has 0 aliphatic carbocycles. The lowest BCUT2D eigenvalue weighted by molar-refractivity contribution is 0.136. The number of anilines is 1. The Balaban J connectivity index is 1.44. The van der Waals surface area contributed by atoms with Crippen LogP contribution in [-0.2, 0) is 10.0 Å². The maximum Gasteiger partial charge on any atom is 0.264 e. The lowest BCUT2D eigenvalue weighted by Gasteiger charge is -2.15. The molecule has 0 bridgehead atoms. The number of hydrogen-bond donors (Lipinski definition) is 3. The van der Waals surface area contributed by atoms with Gasteiger partial charge in [-0.05, 0) is 49.4 Å². The number of H-pyrrole nitrogens is 1. The molecule has 2 aromatic heterocycles. The second-order valence-corrected chi connectivity index (χ2v) is 10.1. The van der Waals surface area contributed by atoms with E-state index in [-0.39, 0.29) is 29.0 Å². The topological polar surface area (TPSA) is 122 Å². The van der Waals surface area contributed by atoms with Crippen molar-refractivity contribution in [2.75, 3.05) is 17.8 Å². The van der Waals surface area contributed by atoms with Crippen molar-refractivity contribution in [3.63, 3.8) is 0 Å². The first-order valence-corrected chi connectivity index (χ1v) is 12.4. The van der Waals surface area contributed by atoms with Crippen molar-refractivity contribution in [2.24, 2.45) is 0 Å². The third-order valence-electron chi connectivity index (χ3n) is 5.50. The maximum atomic E-state index is 14.1. The van der Waals surface area contributed by atoms with Gasteiger partial charge in [-0.25, -0.2) is 22.2 Å². The van der Waals surface area contributed by atoms with E-state index < -0.39 is 33.0 Å². The molecule has 5 rings (SSSR count). The van der Waals surface area contributed by atoms with E-state index in [4.69, 9.17) is 16.3 Å². The van der Waals surface area contributed by atoms with Crippen LogP contribution in [0.15, 0.2) is 47.4 Å². The summed E-state index contributed by atoms with van der Waals surface area (Å²) in [5.74, 6) is -0.447. The Morgan fingerprint density at radius 3 is 2.63 bits per heavy atom. The molecule has 4 aromatic rings. The number of ether oxygens (including phenoxy) is 1. The molecule has 35 heavy (non-hydrogen) atoms. The minimum Gasteiger partial charge on any atom is -0.469 e. The van der Waals surface area contributed by atoms with E-state index in [1.807, 2.05) is 0 Å². The van der Waals surface area contributed by atoms with Gasteiger partial charge in [-0.1, -0.05) is 11.6 Å². The Morgan fingerprint density at radius 2 is 1.91 bits per heavy atom. The Morgan fingerprint density at radius 1 is 1.14 bits per heavy atom. The minimum absolute atomic E-state index is 0.0918. The molecule has 2 atom stereocenters. The molecule has 0 saturated carbocycles. The summed E-state index contributed by atoms with van der Waals surface area (Å²) in [6, 6.07) is 9.44. The Kier molecular flexibility index (Phi) is 6.03. The third kappa shape index (κ3) is 4.64. The van der Waals surface area contributed by atoms with Gasteiger partial charge >= 0.3 is 0 Å². The Labute approximate surface area is 203 Å². The van der Waals surface area contributed by atoms with Crippen molar-refractivity contribution in [3.05, 3.63) is 59.0 Å². The Hall–Kier alpha value is -3.35. The van der Waals surface area contributed by atoms with Crippen LogP contribution < -0.4 is 14.8 Å². The molecule has 182 valence electrons. The normalized spacial score (nSPS) is 18.2. The summed E-state index contributed by atoms with van der Waals surface area (Å²) in [6.45, 7) is 2.31. The summed E-state index contributed by atoms with van der Waals surface area (Å²) < 4.78 is 61.6. The molecule has 9 nitrogen and oxygen atoms in total. The van der Waals surface area contributed by atoms with Gasteiger partial charge in [0.25, 0.3) is 10.0 Å². The first-order chi connectivity index (χ1) is 16.7. The van der Waals surface area contributed by atoms with Gasteiger partial charge in [0, 0.05) is 29.4 Å². The summed E-state index contributed by atoms with van der Waals surface area (Å²) >= 11 is 5.82. The highest BCUT2D eigenvalue weighted by Gasteiger charge is 2.30. The van der Waals surface area contributed by atoms with Crippen molar-refractivity contribution in [3.8, 4) is 17.3 Å². The maximum absolute atomic E-state index is 14.1. The summed E-state index contributed by atoms with van der Waals surface area (Å²) in [6.07, 6.45) is -1.87. The van der Waals surface area contributed by atoms with E-state index in [0.717, 1.165) is 12.1 Å². The zero-order chi connectivity index (χ0) is 24.7. The van der Waals surface area contributed by atoms with Crippen molar-refractivity contribution < 1.29 is 21.9 Å². The van der Waals surface area contributed by atoms with Gasteiger partial charge in [-0.3, -0.25) is 9.82 Å². The number of aromatic amines is 1. The van der Waals surface area contributed by atoms with Gasteiger partial charge in [-0.2, -0.15) is 10.1 Å². The molecule has 3 heterocycles. The smallest absolute Gasteiger partial charge is 0.264 e. The molecule has 1 aliphatic rings. The van der Waals surface area contributed by atoms with E-state index in [2.05, 4.69) is 30.2 Å². The second kappa shape index (κ2) is 9.02. The number of hydrogen-bond acceptors (Lipinski definition) is 7.